The van der Waals surface area contributed by atoms with E-state index in [2.05, 4.69) is 33.2 Å². The number of carbonyl (C=O) groups is 1. The van der Waals surface area contributed by atoms with E-state index in [1.54, 1.807) is 30.5 Å². The fourth-order valence-electron chi connectivity index (χ4n) is 3.81. The minimum atomic E-state index is -0.176. The Balaban J connectivity index is 1.66. The largest absolute Gasteiger partial charge is 0.405 e. The molecule has 2 heterocycles. The highest BCUT2D eigenvalue weighted by Gasteiger charge is 2.21. The van der Waals surface area contributed by atoms with Crippen molar-refractivity contribution in [2.45, 2.75) is 44.8 Å². The lowest BCUT2D eigenvalue weighted by Gasteiger charge is -2.19. The molecule has 0 aromatic carbocycles. The molecule has 0 saturated carbocycles. The van der Waals surface area contributed by atoms with E-state index in [0.717, 1.165) is 29.6 Å². The molecule has 0 bridgehead atoms. The zero-order chi connectivity index (χ0) is 22.1. The molecule has 31 heavy (non-hydrogen) atoms. The van der Waals surface area contributed by atoms with Gasteiger partial charge in [-0.05, 0) is 69.3 Å². The Morgan fingerprint density at radius 3 is 3.06 bits per heavy atom. The van der Waals surface area contributed by atoms with Crippen LogP contribution in [0.15, 0.2) is 41.1 Å². The Kier molecular flexibility index (Phi) is 8.37. The smallest absolute Gasteiger partial charge is 0.251 e. The van der Waals surface area contributed by atoms with Gasteiger partial charge in [0.2, 0.25) is 0 Å². The first-order chi connectivity index (χ1) is 15.1. The second-order valence-electron chi connectivity index (χ2n) is 7.84. The maximum absolute atomic E-state index is 12.8. The van der Waals surface area contributed by atoms with E-state index in [0.29, 0.717) is 31.1 Å². The summed E-state index contributed by atoms with van der Waals surface area (Å²) in [6.45, 7) is 5.27. The van der Waals surface area contributed by atoms with Gasteiger partial charge in [-0.1, -0.05) is 6.08 Å². The van der Waals surface area contributed by atoms with Crippen LogP contribution in [0.3, 0.4) is 0 Å². The summed E-state index contributed by atoms with van der Waals surface area (Å²) in [6.07, 6.45) is 17.1. The minimum Gasteiger partial charge on any atom is -0.405 e. The molecule has 3 rings (SSSR count). The SMILES string of the molecule is C[C@H]1CCCN1Cc1nc2c([nH]1)=CC(NC(=O)C(C=CC=NCCN)=CC=CN)CC=2. The van der Waals surface area contributed by atoms with Crippen LogP contribution in [0.4, 0.5) is 0 Å². The van der Waals surface area contributed by atoms with Crippen molar-refractivity contribution >= 4 is 24.3 Å². The molecule has 2 atom stereocenters. The lowest BCUT2D eigenvalue weighted by Crippen LogP contribution is -2.40. The average Bonchev–Trinajstić information content (AvgIpc) is 3.35. The van der Waals surface area contributed by atoms with Crippen molar-refractivity contribution < 1.29 is 4.79 Å². The van der Waals surface area contributed by atoms with Gasteiger partial charge in [-0.3, -0.25) is 14.7 Å². The topological polar surface area (TPSA) is 125 Å². The fraction of sp³-hybridized carbons (Fsp3) is 0.435. The molecule has 166 valence electrons. The zero-order valence-electron chi connectivity index (χ0n) is 18.1. The number of fused-ring (bicyclic) bond motifs is 1. The summed E-state index contributed by atoms with van der Waals surface area (Å²) in [6, 6.07) is 0.492. The summed E-state index contributed by atoms with van der Waals surface area (Å²) in [5, 5.41) is 5.00. The number of carbonyl (C=O) groups excluding carboxylic acids is 1. The van der Waals surface area contributed by atoms with Gasteiger partial charge in [0.05, 0.1) is 29.8 Å². The van der Waals surface area contributed by atoms with E-state index in [9.17, 15) is 4.79 Å². The quantitative estimate of drug-likeness (QED) is 0.249. The number of nitrogens with zero attached hydrogens (tertiary/aromatic N) is 3. The van der Waals surface area contributed by atoms with Gasteiger partial charge in [0, 0.05) is 24.4 Å². The van der Waals surface area contributed by atoms with Gasteiger partial charge < -0.3 is 21.8 Å². The molecular formula is C23H33N7O. The third-order valence-electron chi connectivity index (χ3n) is 5.48. The summed E-state index contributed by atoms with van der Waals surface area (Å²) in [5.74, 6) is 0.803. The van der Waals surface area contributed by atoms with E-state index in [4.69, 9.17) is 16.5 Å². The highest BCUT2D eigenvalue weighted by molar-refractivity contribution is 5.98. The third kappa shape index (κ3) is 6.50. The predicted octanol–water partition coefficient (Wildman–Crippen LogP) is -0.172. The summed E-state index contributed by atoms with van der Waals surface area (Å²) in [7, 11) is 0. The van der Waals surface area contributed by atoms with E-state index >= 15 is 0 Å². The van der Waals surface area contributed by atoms with Crippen LogP contribution in [0, 0.1) is 0 Å². The number of H-pyrrole nitrogens is 1. The van der Waals surface area contributed by atoms with Gasteiger partial charge >= 0.3 is 0 Å². The normalized spacial score (nSPS) is 22.2. The Morgan fingerprint density at radius 1 is 1.45 bits per heavy atom. The van der Waals surface area contributed by atoms with E-state index in [1.165, 1.54) is 19.0 Å². The maximum atomic E-state index is 12.8. The molecule has 2 aliphatic rings. The number of amides is 1. The molecule has 8 nitrogen and oxygen atoms in total. The number of allylic oxidation sites excluding steroid dienone is 3. The third-order valence-corrected chi connectivity index (χ3v) is 5.48. The molecule has 0 spiro atoms. The number of imidazole rings is 1. The second-order valence-corrected chi connectivity index (χ2v) is 7.84. The Morgan fingerprint density at radius 2 is 2.32 bits per heavy atom. The second kappa shape index (κ2) is 11.4. The van der Waals surface area contributed by atoms with Gasteiger partial charge in [-0.15, -0.1) is 0 Å². The number of hydrogen-bond donors (Lipinski definition) is 4. The van der Waals surface area contributed by atoms with Crippen molar-refractivity contribution in [2.75, 3.05) is 19.6 Å². The summed E-state index contributed by atoms with van der Waals surface area (Å²) in [5.41, 5.74) is 11.3. The minimum absolute atomic E-state index is 0.108. The molecule has 1 amide bonds. The van der Waals surface area contributed by atoms with Crippen LogP contribution in [0.2, 0.25) is 0 Å². The highest BCUT2D eigenvalue weighted by atomic mass is 16.1. The zero-order valence-corrected chi connectivity index (χ0v) is 18.1. The highest BCUT2D eigenvalue weighted by Crippen LogP contribution is 2.17. The van der Waals surface area contributed by atoms with Gasteiger partial charge in [-0.25, -0.2) is 4.98 Å². The van der Waals surface area contributed by atoms with E-state index < -0.39 is 0 Å². The monoisotopic (exact) mass is 423 g/mol. The van der Waals surface area contributed by atoms with Crippen molar-refractivity contribution in [1.29, 1.82) is 0 Å². The van der Waals surface area contributed by atoms with Gasteiger partial charge in [0.25, 0.3) is 5.91 Å². The summed E-state index contributed by atoms with van der Waals surface area (Å²) in [4.78, 5) is 27.5. The van der Waals surface area contributed by atoms with Crippen molar-refractivity contribution in [3.63, 3.8) is 0 Å². The Hall–Kier alpha value is -2.97. The van der Waals surface area contributed by atoms with E-state index in [1.807, 2.05) is 6.08 Å². The van der Waals surface area contributed by atoms with Crippen LogP contribution >= 0.6 is 0 Å². The maximum Gasteiger partial charge on any atom is 0.251 e. The van der Waals surface area contributed by atoms with Crippen LogP contribution in [0.1, 0.15) is 32.0 Å². The van der Waals surface area contributed by atoms with Crippen LogP contribution in [0.25, 0.3) is 12.2 Å². The number of likely N-dealkylation sites (tertiary alicyclic amines) is 1. The van der Waals surface area contributed by atoms with Crippen LogP contribution in [-0.2, 0) is 11.3 Å². The number of aromatic amines is 1. The van der Waals surface area contributed by atoms with Crippen LogP contribution in [-0.4, -0.2) is 58.7 Å². The molecule has 6 N–H and O–H groups in total. The molecule has 1 unspecified atom stereocenters. The molecule has 1 fully saturated rings. The molecule has 1 aliphatic heterocycles. The molecule has 1 aromatic rings. The number of hydrogen-bond acceptors (Lipinski definition) is 6. The summed E-state index contributed by atoms with van der Waals surface area (Å²) >= 11 is 0. The van der Waals surface area contributed by atoms with Gasteiger partial charge in [0.15, 0.2) is 0 Å². The molecule has 1 saturated heterocycles. The van der Waals surface area contributed by atoms with Crippen molar-refractivity contribution in [2.24, 2.45) is 16.5 Å². The van der Waals surface area contributed by atoms with E-state index in [-0.39, 0.29) is 11.9 Å². The number of nitrogens with one attached hydrogen (secondary N) is 2. The molecular weight excluding hydrogens is 390 g/mol. The molecule has 1 aliphatic carbocycles. The fourth-order valence-corrected chi connectivity index (χ4v) is 3.81. The van der Waals surface area contributed by atoms with Gasteiger partial charge in [0.1, 0.15) is 5.82 Å². The molecule has 8 heteroatoms. The first-order valence-corrected chi connectivity index (χ1v) is 10.9. The number of rotatable bonds is 9. The van der Waals surface area contributed by atoms with Crippen molar-refractivity contribution in [3.05, 3.63) is 52.6 Å². The molecule has 0 radical (unpaired) electrons. The average molecular weight is 424 g/mol. The predicted molar refractivity (Wildman–Crippen MR) is 125 cm³/mol. The van der Waals surface area contributed by atoms with Crippen molar-refractivity contribution in [1.82, 2.24) is 20.2 Å². The Bertz CT molecular complexity index is 986. The van der Waals surface area contributed by atoms with Crippen LogP contribution in [0.5, 0.6) is 0 Å². The molecule has 1 aromatic heterocycles. The number of nitrogens with two attached hydrogens (primary N) is 2. The lowest BCUT2D eigenvalue weighted by molar-refractivity contribution is -0.117. The van der Waals surface area contributed by atoms with Crippen molar-refractivity contribution in [3.8, 4) is 0 Å². The number of aliphatic imine (C=N–C) groups is 1. The first kappa shape index (κ1) is 22.7. The van der Waals surface area contributed by atoms with Gasteiger partial charge in [-0.2, -0.15) is 0 Å². The Labute approximate surface area is 183 Å². The summed E-state index contributed by atoms with van der Waals surface area (Å²) < 4.78 is 0. The standard InChI is InChI=1S/C23H33N7O/c1-17-5-4-14-30(17)16-22-28-20-9-8-19(15-21(20)29-22)27-23(31)18(6-2-10-24)7-3-12-26-13-11-25/h2-3,6-7,9-10,12,15,17,19H,4-5,8,11,13-14,16,24-25H2,1H3,(H,27,31)(H,28,29)/t17-,19?/m0/s1. The van der Waals surface area contributed by atoms with Crippen LogP contribution < -0.4 is 27.5 Å². The number of aromatic nitrogens is 2. The first-order valence-electron chi connectivity index (χ1n) is 10.9. The lowest BCUT2D eigenvalue weighted by atomic mass is 10.1.